The average molecular weight is 373 g/mol. The summed E-state index contributed by atoms with van der Waals surface area (Å²) in [6.07, 6.45) is 7.18. The number of aliphatic hydroxyl groups is 1. The molecule has 4 nitrogen and oxygen atoms in total. The first-order chi connectivity index (χ1) is 12.6. The molecule has 0 heterocycles. The summed E-state index contributed by atoms with van der Waals surface area (Å²) >= 11 is 0. The van der Waals surface area contributed by atoms with Crippen LogP contribution in [0.2, 0.25) is 0 Å². The summed E-state index contributed by atoms with van der Waals surface area (Å²) in [5.74, 6) is 0.967. The van der Waals surface area contributed by atoms with Crippen molar-refractivity contribution in [1.82, 2.24) is 0 Å². The molecule has 0 aliphatic heterocycles. The third kappa shape index (κ3) is 2.28. The number of ketones is 3. The predicted octanol–water partition coefficient (Wildman–Crippen LogP) is 3.65. The number of Topliss-reactive ketones (excluding diaryl/α,β-unsaturated/α-hetero) is 2. The minimum atomic E-state index is -1.21. The molecule has 0 amide bonds. The average Bonchev–Trinajstić information content (AvgIpc) is 2.87. The number of hydrogen-bond acceptors (Lipinski definition) is 4. The monoisotopic (exact) mass is 372 g/mol. The van der Waals surface area contributed by atoms with Gasteiger partial charge in [-0.2, -0.15) is 0 Å². The van der Waals surface area contributed by atoms with Gasteiger partial charge in [-0.3, -0.25) is 14.4 Å². The van der Waals surface area contributed by atoms with Gasteiger partial charge in [-0.25, -0.2) is 0 Å². The van der Waals surface area contributed by atoms with Crippen LogP contribution in [0.1, 0.15) is 72.6 Å². The maximum absolute atomic E-state index is 12.5. The van der Waals surface area contributed by atoms with Crippen LogP contribution in [0.25, 0.3) is 0 Å². The molecule has 0 radical (unpaired) electrons. The molecule has 4 rings (SSSR count). The van der Waals surface area contributed by atoms with Crippen molar-refractivity contribution in [2.24, 2.45) is 34.5 Å². The van der Waals surface area contributed by atoms with Gasteiger partial charge in [0.1, 0.15) is 11.4 Å². The topological polar surface area (TPSA) is 71.4 Å². The van der Waals surface area contributed by atoms with Gasteiger partial charge in [0.15, 0.2) is 11.6 Å². The second kappa shape index (κ2) is 5.85. The lowest BCUT2D eigenvalue weighted by molar-refractivity contribution is -0.162. The van der Waals surface area contributed by atoms with Crippen molar-refractivity contribution >= 4 is 17.3 Å². The molecule has 0 saturated heterocycles. The number of carbonyl (C=O) groups is 3. The lowest BCUT2D eigenvalue weighted by Gasteiger charge is -2.60. The second-order valence-corrected chi connectivity index (χ2v) is 10.1. The van der Waals surface area contributed by atoms with Crippen molar-refractivity contribution in [1.29, 1.82) is 0 Å². The molecule has 1 unspecified atom stereocenters. The molecular formula is C23H32O4. The third-order valence-electron chi connectivity index (χ3n) is 9.34. The SMILES string of the molecule is CC(=O)C1CC(=O)C=C2CC[C@H]3[C@@H]4CC[C@](O)(C(C)=O)[C@@]4(C)CC[C@@H]3[C@]21C. The van der Waals surface area contributed by atoms with Crippen LogP contribution in [0.3, 0.4) is 0 Å². The quantitative estimate of drug-likeness (QED) is 0.803. The lowest BCUT2D eigenvalue weighted by atomic mass is 9.44. The predicted molar refractivity (Wildman–Crippen MR) is 102 cm³/mol. The zero-order valence-electron chi connectivity index (χ0n) is 17.0. The highest BCUT2D eigenvalue weighted by Crippen LogP contribution is 2.68. The molecule has 3 saturated carbocycles. The van der Waals surface area contributed by atoms with Crippen molar-refractivity contribution in [2.75, 3.05) is 0 Å². The van der Waals surface area contributed by atoms with E-state index >= 15 is 0 Å². The van der Waals surface area contributed by atoms with Crippen molar-refractivity contribution in [2.45, 2.75) is 78.2 Å². The molecule has 27 heavy (non-hydrogen) atoms. The molecular weight excluding hydrogens is 340 g/mol. The van der Waals surface area contributed by atoms with E-state index in [1.165, 1.54) is 12.5 Å². The van der Waals surface area contributed by atoms with E-state index in [0.29, 0.717) is 30.6 Å². The van der Waals surface area contributed by atoms with Gasteiger partial charge in [-0.1, -0.05) is 19.4 Å². The van der Waals surface area contributed by atoms with Crippen LogP contribution in [-0.4, -0.2) is 28.1 Å². The highest BCUT2D eigenvalue weighted by atomic mass is 16.3. The fourth-order valence-electron chi connectivity index (χ4n) is 7.80. The summed E-state index contributed by atoms with van der Waals surface area (Å²) in [7, 11) is 0. The lowest BCUT2D eigenvalue weighted by Crippen LogP contribution is -2.58. The molecule has 4 heteroatoms. The summed E-state index contributed by atoms with van der Waals surface area (Å²) in [6, 6.07) is 0. The van der Waals surface area contributed by atoms with Crippen molar-refractivity contribution in [3.05, 3.63) is 11.6 Å². The first-order valence-corrected chi connectivity index (χ1v) is 10.5. The Morgan fingerprint density at radius 3 is 2.37 bits per heavy atom. The number of allylic oxidation sites excluding steroid dienone is 1. The van der Waals surface area contributed by atoms with E-state index in [-0.39, 0.29) is 34.1 Å². The Morgan fingerprint density at radius 2 is 1.74 bits per heavy atom. The van der Waals surface area contributed by atoms with Crippen molar-refractivity contribution in [3.8, 4) is 0 Å². The van der Waals surface area contributed by atoms with E-state index in [4.69, 9.17) is 0 Å². The minimum Gasteiger partial charge on any atom is -0.382 e. The normalized spacial score (nSPS) is 48.9. The number of fused-ring (bicyclic) bond motifs is 5. The summed E-state index contributed by atoms with van der Waals surface area (Å²) in [4.78, 5) is 37.0. The highest BCUT2D eigenvalue weighted by Gasteiger charge is 2.66. The van der Waals surface area contributed by atoms with Crippen molar-refractivity contribution in [3.63, 3.8) is 0 Å². The maximum Gasteiger partial charge on any atom is 0.161 e. The highest BCUT2D eigenvalue weighted by molar-refractivity contribution is 5.96. The molecule has 0 aromatic carbocycles. The number of carbonyl (C=O) groups excluding carboxylic acids is 3. The maximum atomic E-state index is 12.5. The van der Waals surface area contributed by atoms with Crippen LogP contribution in [0.5, 0.6) is 0 Å². The van der Waals surface area contributed by atoms with Crippen LogP contribution in [0.4, 0.5) is 0 Å². The van der Waals surface area contributed by atoms with E-state index in [9.17, 15) is 19.5 Å². The Hall–Kier alpha value is -1.29. The van der Waals surface area contributed by atoms with Gasteiger partial charge in [0, 0.05) is 23.2 Å². The van der Waals surface area contributed by atoms with Crippen LogP contribution in [-0.2, 0) is 14.4 Å². The first-order valence-electron chi connectivity index (χ1n) is 10.5. The summed E-state index contributed by atoms with van der Waals surface area (Å²) < 4.78 is 0. The molecule has 7 atom stereocenters. The molecule has 4 aliphatic rings. The second-order valence-electron chi connectivity index (χ2n) is 10.1. The van der Waals surface area contributed by atoms with Gasteiger partial charge in [-0.05, 0) is 76.2 Å². The third-order valence-corrected chi connectivity index (χ3v) is 9.34. The molecule has 1 N–H and O–H groups in total. The first kappa shape index (κ1) is 19.0. The van der Waals surface area contributed by atoms with Gasteiger partial charge in [0.25, 0.3) is 0 Å². The molecule has 0 aromatic heterocycles. The van der Waals surface area contributed by atoms with E-state index in [1.54, 1.807) is 6.92 Å². The van der Waals surface area contributed by atoms with Crippen LogP contribution < -0.4 is 0 Å². The molecule has 0 spiro atoms. The van der Waals surface area contributed by atoms with E-state index < -0.39 is 5.60 Å². The Balaban J connectivity index is 1.75. The summed E-state index contributed by atoms with van der Waals surface area (Å²) in [5, 5.41) is 11.2. The fourth-order valence-corrected chi connectivity index (χ4v) is 7.80. The van der Waals surface area contributed by atoms with Crippen LogP contribution >= 0.6 is 0 Å². The van der Waals surface area contributed by atoms with Gasteiger partial charge >= 0.3 is 0 Å². The van der Waals surface area contributed by atoms with Gasteiger partial charge < -0.3 is 5.11 Å². The molecule has 3 fully saturated rings. The van der Waals surface area contributed by atoms with E-state index in [1.807, 2.05) is 6.08 Å². The Morgan fingerprint density at radius 1 is 1.07 bits per heavy atom. The zero-order chi connectivity index (χ0) is 19.8. The Kier molecular flexibility index (Phi) is 4.13. The summed E-state index contributed by atoms with van der Waals surface area (Å²) in [5.41, 5.74) is -0.653. The molecule has 0 bridgehead atoms. The van der Waals surface area contributed by atoms with Crippen LogP contribution in [0, 0.1) is 34.5 Å². The summed E-state index contributed by atoms with van der Waals surface area (Å²) in [6.45, 7) is 7.49. The molecule has 148 valence electrons. The Bertz CT molecular complexity index is 751. The minimum absolute atomic E-state index is 0.0913. The standard InChI is InChI=1S/C23H32O4/c1-13(24)20-12-16(26)11-15-5-6-17-18-8-10-23(27,14(2)25)21(18,3)9-7-19(17)22(15,20)4/h11,17-20,27H,5-10,12H2,1-4H3/t17-,18-,19-,20?,21-,22-,23-/m0/s1. The fraction of sp³-hybridized carbons (Fsp3) is 0.783. The number of hydrogen-bond donors (Lipinski definition) is 1. The molecule has 0 aromatic rings. The van der Waals surface area contributed by atoms with Gasteiger partial charge in [0.05, 0.1) is 0 Å². The van der Waals surface area contributed by atoms with Gasteiger partial charge in [-0.15, -0.1) is 0 Å². The van der Waals surface area contributed by atoms with E-state index in [0.717, 1.165) is 32.1 Å². The van der Waals surface area contributed by atoms with Gasteiger partial charge in [0.2, 0.25) is 0 Å². The number of rotatable bonds is 2. The van der Waals surface area contributed by atoms with E-state index in [2.05, 4.69) is 13.8 Å². The zero-order valence-corrected chi connectivity index (χ0v) is 17.0. The van der Waals surface area contributed by atoms with Crippen molar-refractivity contribution < 1.29 is 19.5 Å². The molecule has 4 aliphatic carbocycles. The largest absolute Gasteiger partial charge is 0.382 e. The Labute approximate surface area is 161 Å². The van der Waals surface area contributed by atoms with Crippen LogP contribution in [0.15, 0.2) is 11.6 Å². The smallest absolute Gasteiger partial charge is 0.161 e.